The normalized spacial score (nSPS) is 10.7. The molecule has 1 heterocycles. The highest BCUT2D eigenvalue weighted by Crippen LogP contribution is 2.07. The highest BCUT2D eigenvalue weighted by molar-refractivity contribution is 5.35. The molecule has 1 aromatic heterocycles. The van der Waals surface area contributed by atoms with Gasteiger partial charge in [0.2, 0.25) is 5.88 Å². The minimum atomic E-state index is 0.455. The number of aromatic nitrogens is 1. The SMILES string of the molecule is CCCCOCCOCCOCCOc1ccc(N)cn1. The van der Waals surface area contributed by atoms with E-state index in [-0.39, 0.29) is 0 Å². The molecule has 0 bridgehead atoms. The number of ether oxygens (including phenoxy) is 4. The van der Waals surface area contributed by atoms with Gasteiger partial charge in [-0.1, -0.05) is 13.3 Å². The molecule has 0 aliphatic carbocycles. The van der Waals surface area contributed by atoms with Gasteiger partial charge in [-0.2, -0.15) is 0 Å². The van der Waals surface area contributed by atoms with Crippen molar-refractivity contribution in [2.24, 2.45) is 0 Å². The van der Waals surface area contributed by atoms with Crippen molar-refractivity contribution in [2.45, 2.75) is 19.8 Å². The Hall–Kier alpha value is -1.37. The average molecular weight is 298 g/mol. The van der Waals surface area contributed by atoms with E-state index in [1.807, 2.05) is 0 Å². The summed E-state index contributed by atoms with van der Waals surface area (Å²) in [5.74, 6) is 0.549. The van der Waals surface area contributed by atoms with Crippen molar-refractivity contribution in [2.75, 3.05) is 52.0 Å². The number of pyridine rings is 1. The van der Waals surface area contributed by atoms with Gasteiger partial charge in [-0.3, -0.25) is 0 Å². The molecule has 0 radical (unpaired) electrons. The van der Waals surface area contributed by atoms with Crippen molar-refractivity contribution in [3.05, 3.63) is 18.3 Å². The van der Waals surface area contributed by atoms with E-state index in [0.29, 0.717) is 51.2 Å². The Bertz CT molecular complexity index is 346. The largest absolute Gasteiger partial charge is 0.475 e. The maximum atomic E-state index is 5.53. The summed E-state index contributed by atoms with van der Waals surface area (Å²) < 4.78 is 21.5. The van der Waals surface area contributed by atoms with Crippen LogP contribution in [0.4, 0.5) is 5.69 Å². The molecule has 0 aliphatic rings. The summed E-state index contributed by atoms with van der Waals surface area (Å²) in [7, 11) is 0. The van der Waals surface area contributed by atoms with E-state index in [1.165, 1.54) is 0 Å². The van der Waals surface area contributed by atoms with Crippen LogP contribution in [0.1, 0.15) is 19.8 Å². The van der Waals surface area contributed by atoms with Gasteiger partial charge in [0, 0.05) is 12.7 Å². The van der Waals surface area contributed by atoms with Crippen molar-refractivity contribution < 1.29 is 18.9 Å². The predicted molar refractivity (Wildman–Crippen MR) is 81.5 cm³/mol. The van der Waals surface area contributed by atoms with E-state index in [9.17, 15) is 0 Å². The van der Waals surface area contributed by atoms with E-state index >= 15 is 0 Å². The van der Waals surface area contributed by atoms with Crippen molar-refractivity contribution >= 4 is 5.69 Å². The summed E-state index contributed by atoms with van der Waals surface area (Å²) in [6.07, 6.45) is 3.82. The van der Waals surface area contributed by atoms with Crippen molar-refractivity contribution in [1.29, 1.82) is 0 Å². The van der Waals surface area contributed by atoms with Crippen LogP contribution in [0.5, 0.6) is 5.88 Å². The molecule has 1 rings (SSSR count). The topological polar surface area (TPSA) is 75.8 Å². The number of hydrogen-bond acceptors (Lipinski definition) is 6. The molecule has 0 aromatic carbocycles. The van der Waals surface area contributed by atoms with Crippen LogP contribution in [-0.2, 0) is 14.2 Å². The van der Waals surface area contributed by atoms with Crippen LogP contribution < -0.4 is 10.5 Å². The number of nitrogen functional groups attached to an aromatic ring is 1. The number of anilines is 1. The molecule has 0 spiro atoms. The Morgan fingerprint density at radius 3 is 2.10 bits per heavy atom. The van der Waals surface area contributed by atoms with Gasteiger partial charge in [0.25, 0.3) is 0 Å². The van der Waals surface area contributed by atoms with Crippen LogP contribution in [0.25, 0.3) is 0 Å². The van der Waals surface area contributed by atoms with Crippen molar-refractivity contribution in [1.82, 2.24) is 4.98 Å². The number of rotatable bonds is 13. The lowest BCUT2D eigenvalue weighted by Gasteiger charge is -2.07. The first-order valence-electron chi connectivity index (χ1n) is 7.40. The molecule has 2 N–H and O–H groups in total. The molecular weight excluding hydrogens is 272 g/mol. The van der Waals surface area contributed by atoms with Gasteiger partial charge in [-0.05, 0) is 12.5 Å². The summed E-state index contributed by atoms with van der Waals surface area (Å²) in [6, 6.07) is 3.48. The Kier molecular flexibility index (Phi) is 10.4. The number of unbranched alkanes of at least 4 members (excludes halogenated alkanes) is 1. The molecule has 0 saturated carbocycles. The van der Waals surface area contributed by atoms with Gasteiger partial charge in [-0.15, -0.1) is 0 Å². The van der Waals surface area contributed by atoms with Gasteiger partial charge in [-0.25, -0.2) is 4.98 Å². The van der Waals surface area contributed by atoms with Gasteiger partial charge in [0.05, 0.1) is 44.9 Å². The molecule has 6 heteroatoms. The number of hydrogen-bond donors (Lipinski definition) is 1. The summed E-state index contributed by atoms with van der Waals surface area (Å²) in [4.78, 5) is 4.03. The molecule has 0 atom stereocenters. The molecule has 0 aliphatic heterocycles. The number of nitrogens with two attached hydrogens (primary N) is 1. The molecule has 0 amide bonds. The predicted octanol–water partition coefficient (Wildman–Crippen LogP) is 1.89. The molecule has 21 heavy (non-hydrogen) atoms. The highest BCUT2D eigenvalue weighted by atomic mass is 16.6. The Morgan fingerprint density at radius 2 is 1.52 bits per heavy atom. The molecule has 0 fully saturated rings. The fraction of sp³-hybridized carbons (Fsp3) is 0.667. The van der Waals surface area contributed by atoms with Gasteiger partial charge in [0.1, 0.15) is 6.61 Å². The van der Waals surface area contributed by atoms with Crippen LogP contribution in [0.15, 0.2) is 18.3 Å². The smallest absolute Gasteiger partial charge is 0.213 e. The molecule has 120 valence electrons. The maximum Gasteiger partial charge on any atom is 0.213 e. The van der Waals surface area contributed by atoms with Crippen molar-refractivity contribution in [3.8, 4) is 5.88 Å². The van der Waals surface area contributed by atoms with Gasteiger partial charge >= 0.3 is 0 Å². The molecular formula is C15H26N2O4. The van der Waals surface area contributed by atoms with E-state index < -0.39 is 0 Å². The van der Waals surface area contributed by atoms with Crippen LogP contribution in [0.2, 0.25) is 0 Å². The summed E-state index contributed by atoms with van der Waals surface area (Å²) in [5, 5.41) is 0. The Morgan fingerprint density at radius 1 is 0.905 bits per heavy atom. The zero-order valence-electron chi connectivity index (χ0n) is 12.8. The first-order valence-corrected chi connectivity index (χ1v) is 7.40. The lowest BCUT2D eigenvalue weighted by Crippen LogP contribution is -2.13. The summed E-state index contributed by atoms with van der Waals surface area (Å²) in [5.41, 5.74) is 6.15. The van der Waals surface area contributed by atoms with E-state index in [0.717, 1.165) is 19.4 Å². The third-order valence-corrected chi connectivity index (χ3v) is 2.62. The van der Waals surface area contributed by atoms with Crippen LogP contribution in [0.3, 0.4) is 0 Å². The quantitative estimate of drug-likeness (QED) is 0.560. The second-order valence-electron chi connectivity index (χ2n) is 4.47. The minimum absolute atomic E-state index is 0.455. The second kappa shape index (κ2) is 12.4. The fourth-order valence-corrected chi connectivity index (χ4v) is 1.47. The lowest BCUT2D eigenvalue weighted by atomic mass is 10.4. The number of nitrogens with zero attached hydrogens (tertiary/aromatic N) is 1. The summed E-state index contributed by atoms with van der Waals surface area (Å²) >= 11 is 0. The van der Waals surface area contributed by atoms with Gasteiger partial charge < -0.3 is 24.7 Å². The molecule has 0 unspecified atom stereocenters. The first kappa shape index (κ1) is 17.7. The molecule has 0 saturated heterocycles. The Balaban J connectivity index is 1.81. The zero-order valence-corrected chi connectivity index (χ0v) is 12.8. The van der Waals surface area contributed by atoms with E-state index in [4.69, 9.17) is 24.7 Å². The van der Waals surface area contributed by atoms with E-state index in [1.54, 1.807) is 18.3 Å². The highest BCUT2D eigenvalue weighted by Gasteiger charge is 1.95. The lowest BCUT2D eigenvalue weighted by molar-refractivity contribution is 0.00872. The minimum Gasteiger partial charge on any atom is -0.475 e. The molecule has 1 aromatic rings. The monoisotopic (exact) mass is 298 g/mol. The van der Waals surface area contributed by atoms with Crippen LogP contribution in [0, 0.1) is 0 Å². The first-order chi connectivity index (χ1) is 10.3. The van der Waals surface area contributed by atoms with Crippen LogP contribution >= 0.6 is 0 Å². The average Bonchev–Trinajstić information content (AvgIpc) is 2.50. The van der Waals surface area contributed by atoms with E-state index in [2.05, 4.69) is 11.9 Å². The second-order valence-corrected chi connectivity index (χ2v) is 4.47. The molecule has 6 nitrogen and oxygen atoms in total. The summed E-state index contributed by atoms with van der Waals surface area (Å²) in [6.45, 7) is 6.28. The Labute approximate surface area is 126 Å². The maximum absolute atomic E-state index is 5.53. The third-order valence-electron chi connectivity index (χ3n) is 2.62. The fourth-order valence-electron chi connectivity index (χ4n) is 1.47. The van der Waals surface area contributed by atoms with Crippen LogP contribution in [-0.4, -0.2) is 51.2 Å². The standard InChI is InChI=1S/C15H26N2O4/c1-2-3-6-18-7-8-19-9-10-20-11-12-21-15-5-4-14(16)13-17-15/h4-5,13H,2-3,6-12,16H2,1H3. The van der Waals surface area contributed by atoms with Gasteiger partial charge in [0.15, 0.2) is 0 Å². The van der Waals surface area contributed by atoms with Crippen molar-refractivity contribution in [3.63, 3.8) is 0 Å². The third kappa shape index (κ3) is 10.1. The zero-order chi connectivity index (χ0) is 15.2.